The van der Waals surface area contributed by atoms with Crippen molar-refractivity contribution in [3.05, 3.63) is 53.4 Å². The van der Waals surface area contributed by atoms with E-state index in [0.29, 0.717) is 23.0 Å². The number of nitrogens with zero attached hydrogens (tertiary/aromatic N) is 4. The molecule has 0 aliphatic carbocycles. The Morgan fingerprint density at radius 3 is 2.79 bits per heavy atom. The van der Waals surface area contributed by atoms with Crippen molar-refractivity contribution < 1.29 is 5.11 Å². The van der Waals surface area contributed by atoms with Gasteiger partial charge in [0, 0.05) is 28.9 Å². The molecule has 1 aliphatic heterocycles. The number of nitrogens with one attached hydrogen (secondary N) is 1. The van der Waals surface area contributed by atoms with Crippen LogP contribution in [0.15, 0.2) is 36.4 Å². The summed E-state index contributed by atoms with van der Waals surface area (Å²) in [4.78, 5) is 5.87. The molecule has 1 aromatic heterocycles. The third kappa shape index (κ3) is 3.49. The van der Waals surface area contributed by atoms with E-state index in [-0.39, 0.29) is 5.75 Å². The van der Waals surface area contributed by atoms with Crippen LogP contribution in [0.4, 0.5) is 11.5 Å². The molecule has 6 heteroatoms. The lowest BCUT2D eigenvalue weighted by Crippen LogP contribution is -2.40. The van der Waals surface area contributed by atoms with Gasteiger partial charge in [0.15, 0.2) is 11.5 Å². The lowest BCUT2D eigenvalue weighted by atomic mass is 10.0. The van der Waals surface area contributed by atoms with Gasteiger partial charge in [0.1, 0.15) is 11.4 Å². The van der Waals surface area contributed by atoms with Crippen LogP contribution in [0.3, 0.4) is 0 Å². The number of fused-ring (bicyclic) bond motifs is 1. The first kappa shape index (κ1) is 18.2. The standard InChI is InChI=1S/C22H23N5O/c1-14-6-8-18(20(28)11-14)21-19-12-15(23-2)7-9-17(19)22(26-25-21)24-16-5-4-10-27(3)13-16/h6-9,11-12,16,28H,4-5,10,13H2,1,3H3,(H,24,26)/t16-/m1/s1. The maximum absolute atomic E-state index is 10.4. The summed E-state index contributed by atoms with van der Waals surface area (Å²) in [5.74, 6) is 0.889. The van der Waals surface area contributed by atoms with Crippen molar-refractivity contribution >= 4 is 22.3 Å². The summed E-state index contributed by atoms with van der Waals surface area (Å²) in [6.07, 6.45) is 2.24. The maximum atomic E-state index is 10.4. The van der Waals surface area contributed by atoms with Crippen LogP contribution in [0.5, 0.6) is 5.75 Å². The van der Waals surface area contributed by atoms with Gasteiger partial charge in [0.25, 0.3) is 0 Å². The predicted octanol–water partition coefficient (Wildman–Crippen LogP) is 4.37. The summed E-state index contributed by atoms with van der Waals surface area (Å²) < 4.78 is 0. The summed E-state index contributed by atoms with van der Waals surface area (Å²) in [6, 6.07) is 11.4. The molecular weight excluding hydrogens is 350 g/mol. The van der Waals surface area contributed by atoms with Crippen molar-refractivity contribution in [2.75, 3.05) is 25.5 Å². The molecule has 0 saturated carbocycles. The molecule has 2 aromatic carbocycles. The van der Waals surface area contributed by atoms with E-state index in [1.807, 2.05) is 31.2 Å². The molecule has 28 heavy (non-hydrogen) atoms. The summed E-state index contributed by atoms with van der Waals surface area (Å²) in [5, 5.41) is 24.6. The van der Waals surface area contributed by atoms with Crippen molar-refractivity contribution in [2.45, 2.75) is 25.8 Å². The quantitative estimate of drug-likeness (QED) is 0.668. The zero-order valence-electron chi connectivity index (χ0n) is 16.1. The summed E-state index contributed by atoms with van der Waals surface area (Å²) in [6.45, 7) is 11.4. The smallest absolute Gasteiger partial charge is 0.187 e. The van der Waals surface area contributed by atoms with Gasteiger partial charge in [-0.15, -0.1) is 10.2 Å². The number of likely N-dealkylation sites (N-methyl/N-ethyl adjacent to an activating group) is 1. The lowest BCUT2D eigenvalue weighted by molar-refractivity contribution is 0.261. The minimum absolute atomic E-state index is 0.165. The molecule has 0 unspecified atom stereocenters. The molecule has 0 bridgehead atoms. The molecule has 3 aromatic rings. The Labute approximate surface area is 164 Å². The fourth-order valence-electron chi connectivity index (χ4n) is 3.84. The van der Waals surface area contributed by atoms with Gasteiger partial charge >= 0.3 is 0 Å². The van der Waals surface area contributed by atoms with Crippen LogP contribution in [-0.2, 0) is 0 Å². The molecule has 1 atom stereocenters. The van der Waals surface area contributed by atoms with Gasteiger partial charge in [-0.1, -0.05) is 18.2 Å². The Morgan fingerprint density at radius 2 is 2.04 bits per heavy atom. The molecule has 2 heterocycles. The predicted molar refractivity (Wildman–Crippen MR) is 112 cm³/mol. The second kappa shape index (κ2) is 7.45. The first-order valence-electron chi connectivity index (χ1n) is 9.48. The van der Waals surface area contributed by atoms with Gasteiger partial charge < -0.3 is 15.3 Å². The fraction of sp³-hybridized carbons (Fsp3) is 0.318. The van der Waals surface area contributed by atoms with Crippen molar-refractivity contribution in [3.63, 3.8) is 0 Å². The Hall–Kier alpha value is -3.17. The molecular formula is C22H23N5O. The number of hydrogen-bond acceptors (Lipinski definition) is 5. The van der Waals surface area contributed by atoms with E-state index in [1.165, 1.54) is 0 Å². The normalized spacial score (nSPS) is 17.4. The topological polar surface area (TPSA) is 65.6 Å². The highest BCUT2D eigenvalue weighted by atomic mass is 16.3. The number of benzene rings is 2. The van der Waals surface area contributed by atoms with Crippen molar-refractivity contribution in [1.29, 1.82) is 0 Å². The zero-order chi connectivity index (χ0) is 19.7. The highest BCUT2D eigenvalue weighted by Crippen LogP contribution is 2.37. The van der Waals surface area contributed by atoms with Crippen LogP contribution in [0, 0.1) is 13.5 Å². The lowest BCUT2D eigenvalue weighted by Gasteiger charge is -2.30. The zero-order valence-corrected chi connectivity index (χ0v) is 16.1. The van der Waals surface area contributed by atoms with Crippen molar-refractivity contribution in [3.8, 4) is 17.0 Å². The highest BCUT2D eigenvalue weighted by Gasteiger charge is 2.20. The van der Waals surface area contributed by atoms with Crippen molar-refractivity contribution in [1.82, 2.24) is 15.1 Å². The number of likely N-dealkylation sites (tertiary alicyclic amines) is 1. The van der Waals surface area contributed by atoms with Gasteiger partial charge in [0.05, 0.1) is 6.57 Å². The van der Waals surface area contributed by atoms with Crippen molar-refractivity contribution in [2.24, 2.45) is 0 Å². The monoisotopic (exact) mass is 373 g/mol. The minimum atomic E-state index is 0.165. The number of aromatic nitrogens is 2. The van der Waals surface area contributed by atoms with Gasteiger partial charge in [-0.3, -0.25) is 0 Å². The fourth-order valence-corrected chi connectivity index (χ4v) is 3.84. The Morgan fingerprint density at radius 1 is 1.18 bits per heavy atom. The Balaban J connectivity index is 1.82. The molecule has 4 rings (SSSR count). The van der Waals surface area contributed by atoms with Gasteiger partial charge in [-0.05, 0) is 57.1 Å². The van der Waals surface area contributed by atoms with Crippen LogP contribution >= 0.6 is 0 Å². The molecule has 1 fully saturated rings. The summed E-state index contributed by atoms with van der Waals surface area (Å²) >= 11 is 0. The minimum Gasteiger partial charge on any atom is -0.507 e. The molecule has 1 saturated heterocycles. The first-order valence-corrected chi connectivity index (χ1v) is 9.48. The first-order chi connectivity index (χ1) is 13.5. The molecule has 142 valence electrons. The second-order valence-corrected chi connectivity index (χ2v) is 7.51. The maximum Gasteiger partial charge on any atom is 0.187 e. The van der Waals surface area contributed by atoms with E-state index in [9.17, 15) is 5.11 Å². The van der Waals surface area contributed by atoms with E-state index >= 15 is 0 Å². The molecule has 6 nitrogen and oxygen atoms in total. The van der Waals surface area contributed by atoms with Crippen LogP contribution < -0.4 is 5.32 Å². The number of phenolic OH excluding ortho intramolecular Hbond substituents is 1. The van der Waals surface area contributed by atoms with Gasteiger partial charge in [-0.2, -0.15) is 0 Å². The number of phenols is 1. The molecule has 1 aliphatic rings. The average Bonchev–Trinajstić information content (AvgIpc) is 2.68. The number of hydrogen-bond donors (Lipinski definition) is 2. The highest BCUT2D eigenvalue weighted by molar-refractivity contribution is 6.02. The van der Waals surface area contributed by atoms with E-state index in [4.69, 9.17) is 6.57 Å². The second-order valence-electron chi connectivity index (χ2n) is 7.51. The Kier molecular flexibility index (Phi) is 4.84. The number of anilines is 1. The Bertz CT molecular complexity index is 1070. The number of rotatable bonds is 3. The van der Waals surface area contributed by atoms with Gasteiger partial charge in [-0.25, -0.2) is 4.85 Å². The summed E-state index contributed by atoms with van der Waals surface area (Å²) in [7, 11) is 2.13. The third-order valence-corrected chi connectivity index (χ3v) is 5.27. The third-order valence-electron chi connectivity index (χ3n) is 5.27. The SMILES string of the molecule is [C-]#[N+]c1ccc2c(N[C@@H]3CCCN(C)C3)nnc(-c3ccc(C)cc3O)c2c1. The molecule has 0 radical (unpaired) electrons. The molecule has 0 amide bonds. The van der Waals surface area contributed by atoms with Crippen LogP contribution in [-0.4, -0.2) is 46.4 Å². The van der Waals surface area contributed by atoms with Crippen LogP contribution in [0.2, 0.25) is 0 Å². The molecule has 0 spiro atoms. The number of aromatic hydroxyl groups is 1. The van der Waals surface area contributed by atoms with E-state index in [2.05, 4.69) is 32.3 Å². The summed E-state index contributed by atoms with van der Waals surface area (Å²) in [5.41, 5.74) is 2.72. The number of piperidine rings is 1. The van der Waals surface area contributed by atoms with Gasteiger partial charge in [0.2, 0.25) is 0 Å². The van der Waals surface area contributed by atoms with Crippen LogP contribution in [0.25, 0.3) is 26.9 Å². The van der Waals surface area contributed by atoms with E-state index < -0.39 is 0 Å². The molecule has 2 N–H and O–H groups in total. The van der Waals surface area contributed by atoms with Crippen LogP contribution in [0.1, 0.15) is 18.4 Å². The van der Waals surface area contributed by atoms with E-state index in [0.717, 1.165) is 48.1 Å². The van der Waals surface area contributed by atoms with E-state index in [1.54, 1.807) is 12.1 Å². The number of aryl methyl sites for hydroxylation is 1. The largest absolute Gasteiger partial charge is 0.507 e. The average molecular weight is 373 g/mol.